The first-order valence-electron chi connectivity index (χ1n) is 12.8. The number of carbonyl (C=O) groups excluding carboxylic acids is 2. The van der Waals surface area contributed by atoms with Crippen LogP contribution in [0.2, 0.25) is 5.02 Å². The molecule has 2 amide bonds. The molecule has 2 N–H and O–H groups in total. The number of rotatable bonds is 6. The minimum atomic E-state index is -4.78. The van der Waals surface area contributed by atoms with Crippen LogP contribution < -0.4 is 10.6 Å². The molecule has 1 fully saturated rings. The Morgan fingerprint density at radius 3 is 2.22 bits per heavy atom. The fourth-order valence-electron chi connectivity index (χ4n) is 4.30. The first-order chi connectivity index (χ1) is 18.8. The summed E-state index contributed by atoms with van der Waals surface area (Å²) < 4.78 is 72.4. The van der Waals surface area contributed by atoms with E-state index in [-0.39, 0.29) is 39.2 Å². The maximum atomic E-state index is 13.9. The highest BCUT2D eigenvalue weighted by Crippen LogP contribution is 2.36. The van der Waals surface area contributed by atoms with Gasteiger partial charge in [0, 0.05) is 50.5 Å². The Balaban J connectivity index is 1.93. The van der Waals surface area contributed by atoms with E-state index in [4.69, 9.17) is 22.1 Å². The fraction of sp³-hybridized carbons (Fsp3) is 0.481. The number of hydrogen-bond acceptors (Lipinski definition) is 7. The number of carbonyl (C=O) groups is 2. The van der Waals surface area contributed by atoms with E-state index in [2.05, 4.69) is 0 Å². The van der Waals surface area contributed by atoms with Crippen molar-refractivity contribution < 1.29 is 35.9 Å². The van der Waals surface area contributed by atoms with Crippen molar-refractivity contribution in [2.75, 3.05) is 49.6 Å². The summed E-state index contributed by atoms with van der Waals surface area (Å²) in [7, 11) is -2.56. The number of ether oxygens (including phenoxy) is 1. The molecule has 226 valence electrons. The SMILES string of the molecule is CCS(=O)(=O)c1ccc(Cl)cc1N(C)C(=O)c1cc(C(F)(F)F)cc(CN2CCN(C(=O)OC(C)(C)C)CC2)c1N. The summed E-state index contributed by atoms with van der Waals surface area (Å²) >= 11 is 6.07. The molecule has 0 radical (unpaired) electrons. The third-order valence-corrected chi connectivity index (χ3v) is 8.55. The number of sulfone groups is 1. The molecule has 0 aliphatic carbocycles. The van der Waals surface area contributed by atoms with E-state index < -0.39 is 44.7 Å². The molecule has 41 heavy (non-hydrogen) atoms. The van der Waals surface area contributed by atoms with Gasteiger partial charge in [-0.3, -0.25) is 9.69 Å². The normalized spacial score (nSPS) is 15.1. The maximum Gasteiger partial charge on any atom is 0.416 e. The van der Waals surface area contributed by atoms with E-state index in [9.17, 15) is 31.2 Å². The minimum absolute atomic E-state index is 0.00542. The molecule has 0 bridgehead atoms. The zero-order valence-corrected chi connectivity index (χ0v) is 25.1. The molecule has 1 aliphatic heterocycles. The second kappa shape index (κ2) is 12.1. The largest absolute Gasteiger partial charge is 0.444 e. The maximum absolute atomic E-state index is 13.9. The van der Waals surface area contributed by atoms with Gasteiger partial charge in [-0.05, 0) is 56.7 Å². The lowest BCUT2D eigenvalue weighted by Crippen LogP contribution is -2.49. The molecule has 1 heterocycles. The first kappa shape index (κ1) is 32.5. The molecule has 0 aromatic heterocycles. The number of benzene rings is 2. The molecule has 0 unspecified atom stereocenters. The lowest BCUT2D eigenvalue weighted by Gasteiger charge is -2.36. The van der Waals surface area contributed by atoms with Crippen molar-refractivity contribution in [2.45, 2.75) is 50.9 Å². The number of amides is 2. The van der Waals surface area contributed by atoms with Gasteiger partial charge in [-0.15, -0.1) is 0 Å². The van der Waals surface area contributed by atoms with Crippen molar-refractivity contribution in [3.05, 3.63) is 52.0 Å². The van der Waals surface area contributed by atoms with Gasteiger partial charge in [0.05, 0.1) is 27.5 Å². The van der Waals surface area contributed by atoms with Gasteiger partial charge in [0.1, 0.15) is 5.60 Å². The summed E-state index contributed by atoms with van der Waals surface area (Å²) in [4.78, 5) is 30.0. The molecule has 1 saturated heterocycles. The summed E-state index contributed by atoms with van der Waals surface area (Å²) in [6, 6.07) is 5.43. The number of alkyl halides is 3. The molecule has 1 aliphatic rings. The molecule has 9 nitrogen and oxygen atoms in total. The molecule has 0 saturated carbocycles. The molecule has 2 aromatic carbocycles. The zero-order chi connectivity index (χ0) is 30.9. The summed E-state index contributed by atoms with van der Waals surface area (Å²) in [6.45, 7) is 7.97. The van der Waals surface area contributed by atoms with Crippen LogP contribution in [-0.2, 0) is 27.3 Å². The Kier molecular flexibility index (Phi) is 9.56. The smallest absolute Gasteiger partial charge is 0.416 e. The van der Waals surface area contributed by atoms with E-state index in [0.717, 1.165) is 11.0 Å². The second-order valence-corrected chi connectivity index (χ2v) is 13.4. The second-order valence-electron chi connectivity index (χ2n) is 10.7. The number of hydrogen-bond donors (Lipinski definition) is 1. The van der Waals surface area contributed by atoms with Crippen LogP contribution >= 0.6 is 11.6 Å². The monoisotopic (exact) mass is 618 g/mol. The highest BCUT2D eigenvalue weighted by atomic mass is 35.5. The number of anilines is 2. The van der Waals surface area contributed by atoms with Crippen LogP contribution in [0.3, 0.4) is 0 Å². The number of nitrogens with zero attached hydrogens (tertiary/aromatic N) is 3. The van der Waals surface area contributed by atoms with E-state index in [1.165, 1.54) is 37.1 Å². The van der Waals surface area contributed by atoms with Crippen molar-refractivity contribution >= 4 is 44.8 Å². The summed E-state index contributed by atoms with van der Waals surface area (Å²) in [6.07, 6.45) is -5.25. The number of nitrogen functional groups attached to an aromatic ring is 1. The Morgan fingerprint density at radius 1 is 1.07 bits per heavy atom. The predicted octanol–water partition coefficient (Wildman–Crippen LogP) is 5.06. The lowest BCUT2D eigenvalue weighted by molar-refractivity contribution is -0.137. The highest BCUT2D eigenvalue weighted by molar-refractivity contribution is 7.91. The third-order valence-electron chi connectivity index (χ3n) is 6.54. The van der Waals surface area contributed by atoms with Gasteiger partial charge in [-0.1, -0.05) is 18.5 Å². The van der Waals surface area contributed by atoms with Crippen LogP contribution in [0.1, 0.15) is 49.2 Å². The predicted molar refractivity (Wildman–Crippen MR) is 151 cm³/mol. The highest BCUT2D eigenvalue weighted by Gasteiger charge is 2.35. The summed E-state index contributed by atoms with van der Waals surface area (Å²) in [5.41, 5.74) is 3.96. The lowest BCUT2D eigenvalue weighted by atomic mass is 10.00. The van der Waals surface area contributed by atoms with Crippen LogP contribution in [0.25, 0.3) is 0 Å². The fourth-order valence-corrected chi connectivity index (χ4v) is 5.57. The standard InChI is InChI=1S/C27H34ClF3N4O5S/c1-6-41(38,39)22-8-7-19(28)15-21(22)33(5)24(36)20-14-18(27(29,30)31)13-17(23(20)32)16-34-9-11-35(12-10-34)25(37)40-26(2,3)4/h7-8,13-15H,6,9-12,16,32H2,1-5H3. The van der Waals surface area contributed by atoms with Gasteiger partial charge in [-0.2, -0.15) is 13.2 Å². The Bertz CT molecular complexity index is 1420. The van der Waals surface area contributed by atoms with Gasteiger partial charge < -0.3 is 20.3 Å². The van der Waals surface area contributed by atoms with Crippen molar-refractivity contribution in [1.82, 2.24) is 9.80 Å². The average Bonchev–Trinajstić information content (AvgIpc) is 2.87. The first-order valence-corrected chi connectivity index (χ1v) is 14.9. The summed E-state index contributed by atoms with van der Waals surface area (Å²) in [5.74, 6) is -1.19. The topological polar surface area (TPSA) is 113 Å². The quantitative estimate of drug-likeness (QED) is 0.450. The van der Waals surface area contributed by atoms with Crippen LogP contribution in [-0.4, -0.2) is 74.8 Å². The number of halogens is 4. The van der Waals surface area contributed by atoms with Crippen molar-refractivity contribution in [1.29, 1.82) is 0 Å². The molecule has 3 rings (SSSR count). The van der Waals surface area contributed by atoms with Crippen LogP contribution in [0, 0.1) is 0 Å². The van der Waals surface area contributed by atoms with Gasteiger partial charge in [0.2, 0.25) is 0 Å². The van der Waals surface area contributed by atoms with E-state index in [1.807, 2.05) is 4.90 Å². The molecule has 0 spiro atoms. The summed E-state index contributed by atoms with van der Waals surface area (Å²) in [5, 5.41) is 0.137. The van der Waals surface area contributed by atoms with Crippen LogP contribution in [0.4, 0.5) is 29.3 Å². The van der Waals surface area contributed by atoms with E-state index in [1.54, 1.807) is 20.8 Å². The average molecular weight is 619 g/mol. The van der Waals surface area contributed by atoms with Crippen LogP contribution in [0.15, 0.2) is 35.2 Å². The minimum Gasteiger partial charge on any atom is -0.444 e. The van der Waals surface area contributed by atoms with Gasteiger partial charge in [-0.25, -0.2) is 13.2 Å². The molecule has 0 atom stereocenters. The zero-order valence-electron chi connectivity index (χ0n) is 23.5. The Morgan fingerprint density at radius 2 is 1.68 bits per heavy atom. The molecule has 14 heteroatoms. The molecule has 2 aromatic rings. The van der Waals surface area contributed by atoms with Crippen molar-refractivity contribution in [2.24, 2.45) is 0 Å². The number of nitrogens with two attached hydrogens (primary N) is 1. The van der Waals surface area contributed by atoms with Crippen molar-refractivity contribution in [3.8, 4) is 0 Å². The van der Waals surface area contributed by atoms with Gasteiger partial charge in [0.15, 0.2) is 9.84 Å². The van der Waals surface area contributed by atoms with E-state index in [0.29, 0.717) is 32.2 Å². The van der Waals surface area contributed by atoms with Crippen molar-refractivity contribution in [3.63, 3.8) is 0 Å². The molecular formula is C27H34ClF3N4O5S. The third kappa shape index (κ3) is 7.83. The van der Waals surface area contributed by atoms with Crippen LogP contribution in [0.5, 0.6) is 0 Å². The van der Waals surface area contributed by atoms with Gasteiger partial charge in [0.25, 0.3) is 5.91 Å². The Hall–Kier alpha value is -3.03. The molecular weight excluding hydrogens is 585 g/mol. The Labute approximate surface area is 242 Å². The number of piperazine rings is 1. The van der Waals surface area contributed by atoms with E-state index >= 15 is 0 Å². The van der Waals surface area contributed by atoms with Gasteiger partial charge >= 0.3 is 12.3 Å².